The molecule has 3 heterocycles. The largest absolute Gasteiger partial charge is 0.460 e. The monoisotopic (exact) mass is 411 g/mol. The van der Waals surface area contributed by atoms with Gasteiger partial charge in [-0.1, -0.05) is 29.8 Å². The van der Waals surface area contributed by atoms with E-state index in [9.17, 15) is 9.59 Å². The Kier molecular flexibility index (Phi) is 4.94. The summed E-state index contributed by atoms with van der Waals surface area (Å²) in [6.45, 7) is 0.356. The Morgan fingerprint density at radius 3 is 2.59 bits per heavy atom. The van der Waals surface area contributed by atoms with Crippen LogP contribution in [0.1, 0.15) is 11.1 Å². The van der Waals surface area contributed by atoms with Crippen molar-refractivity contribution >= 4 is 22.8 Å². The second kappa shape index (κ2) is 7.56. The molecule has 0 aliphatic heterocycles. The zero-order chi connectivity index (χ0) is 20.5. The first-order chi connectivity index (χ1) is 14.0. The number of aryl methyl sites for hydroxylation is 2. The second-order valence-corrected chi connectivity index (χ2v) is 7.07. The van der Waals surface area contributed by atoms with Gasteiger partial charge in [0, 0.05) is 37.1 Å². The summed E-state index contributed by atoms with van der Waals surface area (Å²) >= 11 is 6.03. The molecule has 9 heteroatoms. The molecule has 0 unspecified atom stereocenters. The number of aromatic nitrogens is 5. The Bertz CT molecular complexity index is 1310. The lowest BCUT2D eigenvalue weighted by molar-refractivity contribution is 0.272. The fraction of sp³-hybridized carbons (Fsp3) is 0.200. The molecular formula is C20H18ClN5O3. The molecule has 0 amide bonds. The van der Waals surface area contributed by atoms with Crippen molar-refractivity contribution in [3.63, 3.8) is 0 Å². The van der Waals surface area contributed by atoms with E-state index in [0.717, 1.165) is 11.1 Å². The highest BCUT2D eigenvalue weighted by atomic mass is 35.5. The Morgan fingerprint density at radius 1 is 1.07 bits per heavy atom. The van der Waals surface area contributed by atoms with Crippen molar-refractivity contribution in [1.82, 2.24) is 23.7 Å². The van der Waals surface area contributed by atoms with E-state index in [4.69, 9.17) is 16.3 Å². The molecule has 0 fully saturated rings. The normalized spacial score (nSPS) is 11.1. The maximum absolute atomic E-state index is 13.1. The number of fused-ring (bicyclic) bond motifs is 1. The fourth-order valence-electron chi connectivity index (χ4n) is 3.14. The van der Waals surface area contributed by atoms with E-state index in [1.807, 2.05) is 18.2 Å². The smallest absolute Gasteiger partial charge is 0.332 e. The van der Waals surface area contributed by atoms with Crippen LogP contribution in [0, 0.1) is 0 Å². The van der Waals surface area contributed by atoms with Gasteiger partial charge < -0.3 is 4.74 Å². The summed E-state index contributed by atoms with van der Waals surface area (Å²) in [5, 5.41) is 0.542. The Balaban J connectivity index is 1.77. The van der Waals surface area contributed by atoms with Crippen molar-refractivity contribution in [3.8, 4) is 6.01 Å². The zero-order valence-corrected chi connectivity index (χ0v) is 16.6. The molecular weight excluding hydrogens is 394 g/mol. The van der Waals surface area contributed by atoms with Crippen LogP contribution in [-0.2, 0) is 27.2 Å². The molecule has 0 radical (unpaired) electrons. The lowest BCUT2D eigenvalue weighted by Gasteiger charge is -2.09. The number of rotatable bonds is 5. The highest BCUT2D eigenvalue weighted by Gasteiger charge is 2.19. The lowest BCUT2D eigenvalue weighted by Crippen LogP contribution is -2.39. The topological polar surface area (TPSA) is 83.9 Å². The predicted octanol–water partition coefficient (Wildman–Crippen LogP) is 2.11. The standard InChI is InChI=1S/C20H18ClN5O3/c1-24-16-17(23-19(24)29-12-14-6-4-8-22-10-14)25(2)20(28)26(18(16)27)11-13-5-3-7-15(21)9-13/h3-10H,11-12H2,1-2H3. The number of benzene rings is 1. The number of imidazole rings is 1. The Labute approximate surface area is 170 Å². The Hall–Kier alpha value is -3.39. The molecule has 0 aliphatic rings. The van der Waals surface area contributed by atoms with E-state index in [0.29, 0.717) is 5.02 Å². The predicted molar refractivity (Wildman–Crippen MR) is 109 cm³/mol. The van der Waals surface area contributed by atoms with Gasteiger partial charge in [0.05, 0.1) is 6.54 Å². The number of hydrogen-bond acceptors (Lipinski definition) is 5. The van der Waals surface area contributed by atoms with E-state index >= 15 is 0 Å². The van der Waals surface area contributed by atoms with Gasteiger partial charge in [0.2, 0.25) is 0 Å². The molecule has 8 nitrogen and oxygen atoms in total. The van der Waals surface area contributed by atoms with Crippen LogP contribution in [0.25, 0.3) is 11.2 Å². The average molecular weight is 412 g/mol. The zero-order valence-electron chi connectivity index (χ0n) is 15.9. The van der Waals surface area contributed by atoms with Gasteiger partial charge in [0.25, 0.3) is 11.6 Å². The van der Waals surface area contributed by atoms with Gasteiger partial charge in [-0.2, -0.15) is 4.98 Å². The van der Waals surface area contributed by atoms with Crippen molar-refractivity contribution in [2.24, 2.45) is 14.1 Å². The minimum absolute atomic E-state index is 0.110. The molecule has 148 valence electrons. The molecule has 0 bridgehead atoms. The maximum atomic E-state index is 13.1. The number of nitrogens with zero attached hydrogens (tertiary/aromatic N) is 5. The molecule has 0 aliphatic carbocycles. The molecule has 4 rings (SSSR count). The van der Waals surface area contributed by atoms with E-state index < -0.39 is 11.2 Å². The van der Waals surface area contributed by atoms with Crippen LogP contribution in [0.5, 0.6) is 6.01 Å². The maximum Gasteiger partial charge on any atom is 0.332 e. The highest BCUT2D eigenvalue weighted by molar-refractivity contribution is 6.30. The summed E-state index contributed by atoms with van der Waals surface area (Å²) < 4.78 is 9.83. The lowest BCUT2D eigenvalue weighted by atomic mass is 10.2. The summed E-state index contributed by atoms with van der Waals surface area (Å²) in [6.07, 6.45) is 3.37. The first-order valence-corrected chi connectivity index (χ1v) is 9.26. The number of pyridine rings is 1. The number of halogens is 1. The first kappa shape index (κ1) is 18.9. The fourth-order valence-corrected chi connectivity index (χ4v) is 3.35. The van der Waals surface area contributed by atoms with Crippen molar-refractivity contribution in [2.45, 2.75) is 13.2 Å². The third kappa shape index (κ3) is 3.54. The highest BCUT2D eigenvalue weighted by Crippen LogP contribution is 2.17. The van der Waals surface area contributed by atoms with Crippen LogP contribution >= 0.6 is 11.6 Å². The second-order valence-electron chi connectivity index (χ2n) is 6.64. The van der Waals surface area contributed by atoms with Crippen molar-refractivity contribution in [3.05, 3.63) is 85.8 Å². The summed E-state index contributed by atoms with van der Waals surface area (Å²) in [5.41, 5.74) is 1.29. The van der Waals surface area contributed by atoms with Crippen LogP contribution in [0.2, 0.25) is 5.02 Å². The molecule has 0 N–H and O–H groups in total. The van der Waals surface area contributed by atoms with Crippen LogP contribution in [0.15, 0.2) is 58.4 Å². The van der Waals surface area contributed by atoms with Crippen molar-refractivity contribution < 1.29 is 4.74 Å². The molecule has 4 aromatic rings. The van der Waals surface area contributed by atoms with Crippen LogP contribution in [0.3, 0.4) is 0 Å². The third-order valence-corrected chi connectivity index (χ3v) is 4.87. The number of hydrogen-bond donors (Lipinski definition) is 0. The van der Waals surface area contributed by atoms with E-state index in [1.165, 1.54) is 9.13 Å². The van der Waals surface area contributed by atoms with Gasteiger partial charge in [-0.25, -0.2) is 4.79 Å². The van der Waals surface area contributed by atoms with Gasteiger partial charge in [0.15, 0.2) is 11.2 Å². The van der Waals surface area contributed by atoms with Gasteiger partial charge in [-0.15, -0.1) is 0 Å². The minimum Gasteiger partial charge on any atom is -0.460 e. The number of ether oxygens (including phenoxy) is 1. The molecule has 3 aromatic heterocycles. The summed E-state index contributed by atoms with van der Waals surface area (Å²) in [6, 6.07) is 11.0. The van der Waals surface area contributed by atoms with Gasteiger partial charge in [-0.3, -0.25) is 23.5 Å². The van der Waals surface area contributed by atoms with Crippen LogP contribution in [0.4, 0.5) is 0 Å². The average Bonchev–Trinajstić information content (AvgIpc) is 3.05. The summed E-state index contributed by atoms with van der Waals surface area (Å²) in [7, 11) is 3.26. The molecule has 0 spiro atoms. The molecule has 1 aromatic carbocycles. The third-order valence-electron chi connectivity index (χ3n) is 4.64. The van der Waals surface area contributed by atoms with E-state index in [2.05, 4.69) is 9.97 Å². The summed E-state index contributed by atoms with van der Waals surface area (Å²) in [5.74, 6) is 0. The van der Waals surface area contributed by atoms with Crippen LogP contribution in [-0.4, -0.2) is 23.7 Å². The van der Waals surface area contributed by atoms with Gasteiger partial charge in [0.1, 0.15) is 6.61 Å². The Morgan fingerprint density at radius 2 is 1.86 bits per heavy atom. The van der Waals surface area contributed by atoms with E-state index in [-0.39, 0.29) is 30.3 Å². The molecule has 0 saturated heterocycles. The first-order valence-electron chi connectivity index (χ1n) is 8.88. The molecule has 0 saturated carbocycles. The summed E-state index contributed by atoms with van der Waals surface area (Å²) in [4.78, 5) is 34.3. The SMILES string of the molecule is Cn1c(OCc2cccnc2)nc2c1c(=O)n(Cc1cccc(Cl)c1)c(=O)n2C. The van der Waals surface area contributed by atoms with Crippen LogP contribution < -0.4 is 16.0 Å². The molecule has 29 heavy (non-hydrogen) atoms. The van der Waals surface area contributed by atoms with Crippen molar-refractivity contribution in [2.75, 3.05) is 0 Å². The van der Waals surface area contributed by atoms with Crippen molar-refractivity contribution in [1.29, 1.82) is 0 Å². The van der Waals surface area contributed by atoms with Gasteiger partial charge >= 0.3 is 5.69 Å². The minimum atomic E-state index is -0.459. The van der Waals surface area contributed by atoms with E-state index in [1.54, 1.807) is 49.3 Å². The quantitative estimate of drug-likeness (QED) is 0.502. The van der Waals surface area contributed by atoms with Gasteiger partial charge in [-0.05, 0) is 23.8 Å². The molecule has 0 atom stereocenters.